The Morgan fingerprint density at radius 2 is 2.32 bits per heavy atom. The molecule has 1 amide bonds. The maximum Gasteiger partial charge on any atom is 0.261 e. The molecule has 1 aromatic heterocycles. The van der Waals surface area contributed by atoms with E-state index < -0.39 is 0 Å². The van der Waals surface area contributed by atoms with Crippen LogP contribution in [0.1, 0.15) is 52.7 Å². The van der Waals surface area contributed by atoms with Crippen LogP contribution in [0.25, 0.3) is 0 Å². The molecule has 19 heavy (non-hydrogen) atoms. The van der Waals surface area contributed by atoms with Gasteiger partial charge in [0.25, 0.3) is 5.91 Å². The number of carbonyl (C=O) groups is 1. The highest BCUT2D eigenvalue weighted by atomic mass is 32.1. The van der Waals surface area contributed by atoms with Gasteiger partial charge in [0.1, 0.15) is 0 Å². The summed E-state index contributed by atoms with van der Waals surface area (Å²) in [6, 6.07) is 2.26. The Morgan fingerprint density at radius 1 is 1.53 bits per heavy atom. The van der Waals surface area contributed by atoms with Crippen molar-refractivity contribution in [2.45, 2.75) is 57.6 Å². The predicted molar refractivity (Wildman–Crippen MR) is 76.6 cm³/mol. The second-order valence-electron chi connectivity index (χ2n) is 5.87. The first-order valence-corrected chi connectivity index (χ1v) is 8.08. The molecule has 0 radical (unpaired) electrons. The minimum absolute atomic E-state index is 0.0457. The van der Waals surface area contributed by atoms with Crippen molar-refractivity contribution in [2.75, 3.05) is 0 Å². The second kappa shape index (κ2) is 5.25. The molecule has 0 aliphatic heterocycles. The number of aliphatic hydroxyl groups excluding tert-OH is 1. The number of fused-ring (bicyclic) bond motifs is 1. The van der Waals surface area contributed by atoms with E-state index in [1.54, 1.807) is 11.3 Å². The van der Waals surface area contributed by atoms with E-state index in [0.717, 1.165) is 23.6 Å². The van der Waals surface area contributed by atoms with Gasteiger partial charge in [0.15, 0.2) is 0 Å². The largest absolute Gasteiger partial charge is 0.393 e. The molecule has 2 aliphatic carbocycles. The summed E-state index contributed by atoms with van der Waals surface area (Å²) >= 11 is 1.66. The zero-order valence-electron chi connectivity index (χ0n) is 11.3. The first-order valence-electron chi connectivity index (χ1n) is 7.26. The summed E-state index contributed by atoms with van der Waals surface area (Å²) in [5.41, 5.74) is 1.39. The van der Waals surface area contributed by atoms with Gasteiger partial charge < -0.3 is 10.4 Å². The number of amides is 1. The highest BCUT2D eigenvalue weighted by Gasteiger charge is 2.29. The highest BCUT2D eigenvalue weighted by Crippen LogP contribution is 2.33. The summed E-state index contributed by atoms with van der Waals surface area (Å²) in [5, 5.41) is 12.3. The second-order valence-corrected chi connectivity index (χ2v) is 7.01. The lowest BCUT2D eigenvalue weighted by Crippen LogP contribution is -2.46. The van der Waals surface area contributed by atoms with Gasteiger partial charge >= 0.3 is 0 Å². The van der Waals surface area contributed by atoms with Crippen molar-refractivity contribution in [3.8, 4) is 0 Å². The van der Waals surface area contributed by atoms with Gasteiger partial charge in [-0.1, -0.05) is 13.3 Å². The molecular weight excluding hydrogens is 258 g/mol. The van der Waals surface area contributed by atoms with Crippen LogP contribution in [0.3, 0.4) is 0 Å². The van der Waals surface area contributed by atoms with Crippen molar-refractivity contribution in [1.29, 1.82) is 0 Å². The van der Waals surface area contributed by atoms with E-state index >= 15 is 0 Å². The van der Waals surface area contributed by atoms with Gasteiger partial charge in [-0.05, 0) is 49.7 Å². The maximum absolute atomic E-state index is 12.1. The van der Waals surface area contributed by atoms with Crippen LogP contribution in [0.4, 0.5) is 0 Å². The Labute approximate surface area is 118 Å². The summed E-state index contributed by atoms with van der Waals surface area (Å²) in [4.78, 5) is 14.4. The van der Waals surface area contributed by atoms with Crippen LogP contribution in [-0.4, -0.2) is 23.2 Å². The lowest BCUT2D eigenvalue weighted by molar-refractivity contribution is 0.0564. The number of aliphatic hydroxyl groups is 1. The van der Waals surface area contributed by atoms with Crippen LogP contribution >= 0.6 is 11.3 Å². The molecule has 0 bridgehead atoms. The van der Waals surface area contributed by atoms with Crippen LogP contribution in [0.5, 0.6) is 0 Å². The van der Waals surface area contributed by atoms with Crippen molar-refractivity contribution in [3.05, 3.63) is 21.4 Å². The van der Waals surface area contributed by atoms with Crippen molar-refractivity contribution >= 4 is 17.2 Å². The lowest BCUT2D eigenvalue weighted by atomic mass is 9.87. The molecule has 1 heterocycles. The van der Waals surface area contributed by atoms with Gasteiger partial charge in [0, 0.05) is 10.9 Å². The van der Waals surface area contributed by atoms with E-state index in [-0.39, 0.29) is 18.1 Å². The SMILES string of the molecule is CCC1CCc2sc(C(=O)NC3CC(O)C3)cc2C1. The van der Waals surface area contributed by atoms with Crippen LogP contribution < -0.4 is 5.32 Å². The Morgan fingerprint density at radius 3 is 3.00 bits per heavy atom. The standard InChI is InChI=1S/C15H21NO2S/c1-2-9-3-4-13-10(5-9)6-14(19-13)15(18)16-11-7-12(17)8-11/h6,9,11-12,17H,2-5,7-8H2,1H3,(H,16,18). The fourth-order valence-corrected chi connectivity index (χ4v) is 4.13. The smallest absolute Gasteiger partial charge is 0.261 e. The van der Waals surface area contributed by atoms with E-state index in [0.29, 0.717) is 12.8 Å². The predicted octanol–water partition coefficient (Wildman–Crippen LogP) is 2.52. The van der Waals surface area contributed by atoms with Gasteiger partial charge in [-0.2, -0.15) is 0 Å². The Bertz CT molecular complexity index is 476. The maximum atomic E-state index is 12.1. The Hall–Kier alpha value is -0.870. The number of thiophene rings is 1. The number of nitrogens with one attached hydrogen (secondary N) is 1. The molecule has 1 unspecified atom stereocenters. The third-order valence-electron chi connectivity index (χ3n) is 4.43. The zero-order valence-corrected chi connectivity index (χ0v) is 12.1. The Balaban J connectivity index is 1.65. The monoisotopic (exact) mass is 279 g/mol. The fraction of sp³-hybridized carbons (Fsp3) is 0.667. The fourth-order valence-electron chi connectivity index (χ4n) is 3.02. The minimum Gasteiger partial charge on any atom is -0.393 e. The van der Waals surface area contributed by atoms with Crippen molar-refractivity contribution in [2.24, 2.45) is 5.92 Å². The first-order chi connectivity index (χ1) is 9.15. The van der Waals surface area contributed by atoms with Gasteiger partial charge in [0.2, 0.25) is 0 Å². The summed E-state index contributed by atoms with van der Waals surface area (Å²) in [6.07, 6.45) is 5.96. The van der Waals surface area contributed by atoms with Crippen molar-refractivity contribution in [3.63, 3.8) is 0 Å². The summed E-state index contributed by atoms with van der Waals surface area (Å²) in [6.45, 7) is 2.25. The molecule has 104 valence electrons. The third kappa shape index (κ3) is 2.70. The van der Waals surface area contributed by atoms with Gasteiger partial charge in [0.05, 0.1) is 11.0 Å². The van der Waals surface area contributed by atoms with Crippen LogP contribution in [-0.2, 0) is 12.8 Å². The molecule has 4 heteroatoms. The normalized spacial score (nSPS) is 29.5. The van der Waals surface area contributed by atoms with E-state index in [1.165, 1.54) is 23.3 Å². The van der Waals surface area contributed by atoms with E-state index in [2.05, 4.69) is 18.3 Å². The van der Waals surface area contributed by atoms with Crippen LogP contribution in [0.2, 0.25) is 0 Å². The molecule has 0 aromatic carbocycles. The number of aryl methyl sites for hydroxylation is 1. The molecule has 0 spiro atoms. The number of rotatable bonds is 3. The van der Waals surface area contributed by atoms with Gasteiger partial charge in [-0.25, -0.2) is 0 Å². The number of carbonyl (C=O) groups excluding carboxylic acids is 1. The lowest BCUT2D eigenvalue weighted by Gasteiger charge is -2.31. The molecule has 1 atom stereocenters. The molecule has 1 aromatic rings. The van der Waals surface area contributed by atoms with E-state index in [4.69, 9.17) is 0 Å². The third-order valence-corrected chi connectivity index (χ3v) is 5.67. The van der Waals surface area contributed by atoms with E-state index in [1.807, 2.05) is 0 Å². The van der Waals surface area contributed by atoms with Crippen molar-refractivity contribution in [1.82, 2.24) is 5.32 Å². The first kappa shape index (κ1) is 13.1. The molecule has 0 saturated heterocycles. The summed E-state index contributed by atoms with van der Waals surface area (Å²) < 4.78 is 0. The molecule has 2 N–H and O–H groups in total. The summed E-state index contributed by atoms with van der Waals surface area (Å²) in [5.74, 6) is 0.837. The molecule has 2 aliphatic rings. The van der Waals surface area contributed by atoms with Crippen LogP contribution in [0, 0.1) is 5.92 Å². The molecule has 3 rings (SSSR count). The molecule has 1 saturated carbocycles. The average Bonchev–Trinajstić information content (AvgIpc) is 2.79. The topological polar surface area (TPSA) is 49.3 Å². The zero-order chi connectivity index (χ0) is 13.4. The van der Waals surface area contributed by atoms with Crippen LogP contribution in [0.15, 0.2) is 6.07 Å². The number of hydrogen-bond acceptors (Lipinski definition) is 3. The molecule has 3 nitrogen and oxygen atoms in total. The van der Waals surface area contributed by atoms with E-state index in [9.17, 15) is 9.90 Å². The molecule has 1 fully saturated rings. The average molecular weight is 279 g/mol. The molecular formula is C15H21NO2S. The minimum atomic E-state index is -0.216. The van der Waals surface area contributed by atoms with Crippen molar-refractivity contribution < 1.29 is 9.90 Å². The summed E-state index contributed by atoms with van der Waals surface area (Å²) in [7, 11) is 0. The van der Waals surface area contributed by atoms with Gasteiger partial charge in [-0.15, -0.1) is 11.3 Å². The quantitative estimate of drug-likeness (QED) is 0.893. The number of hydrogen-bond donors (Lipinski definition) is 2. The Kier molecular flexibility index (Phi) is 3.63. The van der Waals surface area contributed by atoms with Gasteiger partial charge in [-0.3, -0.25) is 4.79 Å². The highest BCUT2D eigenvalue weighted by molar-refractivity contribution is 7.14.